The highest BCUT2D eigenvalue weighted by molar-refractivity contribution is 5.90. The van der Waals surface area contributed by atoms with E-state index in [4.69, 9.17) is 4.42 Å². The summed E-state index contributed by atoms with van der Waals surface area (Å²) in [6.45, 7) is 2.48. The van der Waals surface area contributed by atoms with E-state index in [0.717, 1.165) is 5.56 Å². The number of carbonyl (C=O) groups is 1. The highest BCUT2D eigenvalue weighted by Gasteiger charge is 2.15. The maximum atomic E-state index is 13.2. The van der Waals surface area contributed by atoms with Gasteiger partial charge in [0.05, 0.1) is 13.7 Å². The van der Waals surface area contributed by atoms with Crippen LogP contribution in [-0.4, -0.2) is 26.1 Å². The highest BCUT2D eigenvalue weighted by Crippen LogP contribution is 2.15. The fourth-order valence-electron chi connectivity index (χ4n) is 2.17. The standard InChI is InChI=1S/C17H20FN3O3/c1-11-15(16(22)23-3)8-14(24-11)10-21-17(19-2)20-9-12-5-4-6-13(18)7-12/h4-8H,9-10H2,1-3H3,(H2,19,20,21). The molecule has 1 aromatic carbocycles. The van der Waals surface area contributed by atoms with Gasteiger partial charge in [-0.05, 0) is 30.7 Å². The number of aliphatic imine (C=N–C) groups is 1. The molecule has 0 fully saturated rings. The van der Waals surface area contributed by atoms with Crippen molar-refractivity contribution in [2.75, 3.05) is 14.2 Å². The minimum atomic E-state index is -0.434. The number of rotatable bonds is 5. The molecule has 24 heavy (non-hydrogen) atoms. The number of furan rings is 1. The molecule has 2 aromatic rings. The molecule has 6 nitrogen and oxygen atoms in total. The second-order valence-electron chi connectivity index (χ2n) is 5.08. The average molecular weight is 333 g/mol. The minimum Gasteiger partial charge on any atom is -0.465 e. The van der Waals surface area contributed by atoms with Crippen molar-refractivity contribution in [1.82, 2.24) is 10.6 Å². The topological polar surface area (TPSA) is 75.9 Å². The summed E-state index contributed by atoms with van der Waals surface area (Å²) < 4.78 is 23.4. The van der Waals surface area contributed by atoms with Crippen molar-refractivity contribution < 1.29 is 18.3 Å². The average Bonchev–Trinajstić information content (AvgIpc) is 2.95. The fourth-order valence-corrected chi connectivity index (χ4v) is 2.17. The Hall–Kier alpha value is -2.83. The summed E-state index contributed by atoms with van der Waals surface area (Å²) in [5, 5.41) is 6.14. The summed E-state index contributed by atoms with van der Waals surface area (Å²) in [6, 6.07) is 7.96. The quantitative estimate of drug-likeness (QED) is 0.499. The Morgan fingerprint density at radius 2 is 2.04 bits per heavy atom. The van der Waals surface area contributed by atoms with Crippen LogP contribution in [0.25, 0.3) is 0 Å². The second-order valence-corrected chi connectivity index (χ2v) is 5.08. The van der Waals surface area contributed by atoms with Gasteiger partial charge in [0.15, 0.2) is 5.96 Å². The molecule has 0 aliphatic carbocycles. The van der Waals surface area contributed by atoms with E-state index < -0.39 is 5.97 Å². The van der Waals surface area contributed by atoms with Crippen molar-refractivity contribution in [3.05, 3.63) is 58.8 Å². The summed E-state index contributed by atoms with van der Waals surface area (Å²) in [5.41, 5.74) is 1.21. The summed E-state index contributed by atoms with van der Waals surface area (Å²) in [6.07, 6.45) is 0. The van der Waals surface area contributed by atoms with Gasteiger partial charge in [0.2, 0.25) is 0 Å². The Balaban J connectivity index is 1.91. The van der Waals surface area contributed by atoms with Crippen LogP contribution in [0.2, 0.25) is 0 Å². The number of carbonyl (C=O) groups excluding carboxylic acids is 1. The Kier molecular flexibility index (Phi) is 5.95. The van der Waals surface area contributed by atoms with Crippen molar-refractivity contribution in [2.45, 2.75) is 20.0 Å². The third-order valence-electron chi connectivity index (χ3n) is 3.38. The number of guanidine groups is 1. The smallest absolute Gasteiger partial charge is 0.341 e. The molecule has 7 heteroatoms. The first kappa shape index (κ1) is 17.5. The van der Waals surface area contributed by atoms with Crippen molar-refractivity contribution in [3.63, 3.8) is 0 Å². The van der Waals surface area contributed by atoms with E-state index in [1.807, 2.05) is 6.07 Å². The number of ether oxygens (including phenoxy) is 1. The third kappa shape index (κ3) is 4.58. The van der Waals surface area contributed by atoms with Gasteiger partial charge in [-0.1, -0.05) is 12.1 Å². The number of halogens is 1. The van der Waals surface area contributed by atoms with Crippen LogP contribution in [0.4, 0.5) is 4.39 Å². The van der Waals surface area contributed by atoms with E-state index >= 15 is 0 Å². The lowest BCUT2D eigenvalue weighted by molar-refractivity contribution is 0.0599. The van der Waals surface area contributed by atoms with E-state index in [0.29, 0.717) is 36.1 Å². The summed E-state index contributed by atoms with van der Waals surface area (Å²) in [4.78, 5) is 15.6. The molecule has 0 bridgehead atoms. The van der Waals surface area contributed by atoms with E-state index in [2.05, 4.69) is 20.4 Å². The molecule has 0 unspecified atom stereocenters. The zero-order valence-electron chi connectivity index (χ0n) is 13.9. The number of aryl methyl sites for hydroxylation is 1. The number of methoxy groups -OCH3 is 1. The van der Waals surface area contributed by atoms with E-state index in [-0.39, 0.29) is 5.82 Å². The van der Waals surface area contributed by atoms with Gasteiger partial charge in [-0.2, -0.15) is 0 Å². The summed E-state index contributed by atoms with van der Waals surface area (Å²) in [5.74, 6) is 0.908. The number of hydrogen-bond acceptors (Lipinski definition) is 4. The van der Waals surface area contributed by atoms with Crippen LogP contribution >= 0.6 is 0 Å². The molecular formula is C17H20FN3O3. The second kappa shape index (κ2) is 8.14. The Morgan fingerprint density at radius 1 is 1.29 bits per heavy atom. The SMILES string of the molecule is CN=C(NCc1cccc(F)c1)NCc1cc(C(=O)OC)c(C)o1. The normalized spacial score (nSPS) is 11.2. The Morgan fingerprint density at radius 3 is 2.71 bits per heavy atom. The van der Waals surface area contributed by atoms with Gasteiger partial charge in [-0.3, -0.25) is 4.99 Å². The first-order valence-electron chi connectivity index (χ1n) is 7.40. The molecule has 0 saturated heterocycles. The van der Waals surface area contributed by atoms with Crippen molar-refractivity contribution in [3.8, 4) is 0 Å². The number of hydrogen-bond donors (Lipinski definition) is 2. The van der Waals surface area contributed by atoms with Crippen LogP contribution in [0.15, 0.2) is 39.7 Å². The van der Waals surface area contributed by atoms with Crippen molar-refractivity contribution in [2.24, 2.45) is 4.99 Å². The lowest BCUT2D eigenvalue weighted by Crippen LogP contribution is -2.36. The van der Waals surface area contributed by atoms with Gasteiger partial charge in [0, 0.05) is 13.6 Å². The van der Waals surface area contributed by atoms with E-state index in [9.17, 15) is 9.18 Å². The first-order valence-corrected chi connectivity index (χ1v) is 7.40. The van der Waals surface area contributed by atoms with Crippen molar-refractivity contribution in [1.29, 1.82) is 0 Å². The molecule has 0 radical (unpaired) electrons. The van der Waals surface area contributed by atoms with Gasteiger partial charge >= 0.3 is 5.97 Å². The van der Waals surface area contributed by atoms with Crippen LogP contribution in [0.3, 0.4) is 0 Å². The molecule has 0 aliphatic heterocycles. The molecule has 0 amide bonds. The molecular weight excluding hydrogens is 313 g/mol. The van der Waals surface area contributed by atoms with E-state index in [1.54, 1.807) is 26.1 Å². The Bertz CT molecular complexity index is 740. The maximum absolute atomic E-state index is 13.2. The number of esters is 1. The number of nitrogens with one attached hydrogen (secondary N) is 2. The summed E-state index contributed by atoms with van der Waals surface area (Å²) >= 11 is 0. The lowest BCUT2D eigenvalue weighted by Gasteiger charge is -2.11. The molecule has 0 spiro atoms. The summed E-state index contributed by atoms with van der Waals surface area (Å²) in [7, 11) is 2.96. The molecule has 1 heterocycles. The van der Waals surface area contributed by atoms with Gasteiger partial charge < -0.3 is 19.8 Å². The largest absolute Gasteiger partial charge is 0.465 e. The van der Waals surface area contributed by atoms with Gasteiger partial charge in [0.1, 0.15) is 22.9 Å². The molecule has 0 atom stereocenters. The number of nitrogens with zero attached hydrogens (tertiary/aromatic N) is 1. The van der Waals surface area contributed by atoms with Crippen molar-refractivity contribution >= 4 is 11.9 Å². The predicted molar refractivity (Wildman–Crippen MR) is 88.2 cm³/mol. The Labute approximate surface area is 139 Å². The molecule has 2 N–H and O–H groups in total. The fraction of sp³-hybridized carbons (Fsp3) is 0.294. The molecule has 2 rings (SSSR count). The first-order chi connectivity index (χ1) is 11.5. The zero-order valence-corrected chi connectivity index (χ0v) is 13.9. The maximum Gasteiger partial charge on any atom is 0.341 e. The van der Waals surface area contributed by atoms with Crippen LogP contribution in [0.5, 0.6) is 0 Å². The highest BCUT2D eigenvalue weighted by atomic mass is 19.1. The molecule has 0 aliphatic rings. The molecule has 1 aromatic heterocycles. The lowest BCUT2D eigenvalue weighted by atomic mass is 10.2. The van der Waals surface area contributed by atoms with Crippen LogP contribution < -0.4 is 10.6 Å². The zero-order chi connectivity index (χ0) is 17.5. The third-order valence-corrected chi connectivity index (χ3v) is 3.38. The predicted octanol–water partition coefficient (Wildman–Crippen LogP) is 2.38. The molecule has 128 valence electrons. The van der Waals surface area contributed by atoms with Crippen LogP contribution in [-0.2, 0) is 17.8 Å². The van der Waals surface area contributed by atoms with Gasteiger partial charge in [0.25, 0.3) is 0 Å². The van der Waals surface area contributed by atoms with Gasteiger partial charge in [-0.15, -0.1) is 0 Å². The van der Waals surface area contributed by atoms with Crippen LogP contribution in [0.1, 0.15) is 27.4 Å². The monoisotopic (exact) mass is 333 g/mol. The minimum absolute atomic E-state index is 0.279. The number of benzene rings is 1. The van der Waals surface area contributed by atoms with Gasteiger partial charge in [-0.25, -0.2) is 9.18 Å². The van der Waals surface area contributed by atoms with Crippen LogP contribution in [0, 0.1) is 12.7 Å². The van der Waals surface area contributed by atoms with E-state index in [1.165, 1.54) is 19.2 Å². The molecule has 0 saturated carbocycles.